The SMILES string of the molecule is CSCc1noc([C@@H](N)C(C)C)n1. The lowest BCUT2D eigenvalue weighted by Gasteiger charge is -2.09. The smallest absolute Gasteiger partial charge is 0.243 e. The van der Waals surface area contributed by atoms with E-state index in [1.54, 1.807) is 11.8 Å². The number of nitrogens with two attached hydrogens (primary N) is 1. The first-order chi connectivity index (χ1) is 6.15. The molecule has 0 fully saturated rings. The van der Waals surface area contributed by atoms with Crippen molar-refractivity contribution in [2.45, 2.75) is 25.6 Å². The topological polar surface area (TPSA) is 64.9 Å². The summed E-state index contributed by atoms with van der Waals surface area (Å²) in [5.41, 5.74) is 5.84. The standard InChI is InChI=1S/C8H15N3OS/c1-5(2)7(9)8-10-6(4-13-3)11-12-8/h5,7H,4,9H2,1-3H3/t7-/m0/s1. The molecule has 0 radical (unpaired) electrons. The van der Waals surface area contributed by atoms with E-state index in [9.17, 15) is 0 Å². The van der Waals surface area contributed by atoms with Crippen LogP contribution in [0.25, 0.3) is 0 Å². The van der Waals surface area contributed by atoms with Crippen LogP contribution in [-0.4, -0.2) is 16.4 Å². The highest BCUT2D eigenvalue weighted by Crippen LogP contribution is 2.17. The normalized spacial score (nSPS) is 13.6. The molecule has 0 unspecified atom stereocenters. The average molecular weight is 201 g/mol. The van der Waals surface area contributed by atoms with Gasteiger partial charge in [0.25, 0.3) is 0 Å². The lowest BCUT2D eigenvalue weighted by molar-refractivity contribution is 0.323. The molecule has 4 nitrogen and oxygen atoms in total. The quantitative estimate of drug-likeness (QED) is 0.801. The fraction of sp³-hybridized carbons (Fsp3) is 0.750. The summed E-state index contributed by atoms with van der Waals surface area (Å²) >= 11 is 1.66. The van der Waals surface area contributed by atoms with E-state index < -0.39 is 0 Å². The van der Waals surface area contributed by atoms with Gasteiger partial charge in [-0.05, 0) is 12.2 Å². The second-order valence-corrected chi connectivity index (χ2v) is 4.12. The number of nitrogens with zero attached hydrogens (tertiary/aromatic N) is 2. The second kappa shape index (κ2) is 4.62. The van der Waals surface area contributed by atoms with Gasteiger partial charge in [0.1, 0.15) is 0 Å². The summed E-state index contributed by atoms with van der Waals surface area (Å²) in [6, 6.07) is -0.150. The molecular weight excluding hydrogens is 186 g/mol. The molecule has 1 rings (SSSR count). The minimum atomic E-state index is -0.150. The maximum atomic E-state index is 5.84. The van der Waals surface area contributed by atoms with Crippen LogP contribution < -0.4 is 5.73 Å². The first-order valence-corrected chi connectivity index (χ1v) is 5.61. The zero-order valence-corrected chi connectivity index (χ0v) is 8.97. The Hall–Kier alpha value is -0.550. The highest BCUT2D eigenvalue weighted by molar-refractivity contribution is 7.97. The van der Waals surface area contributed by atoms with Crippen molar-refractivity contribution >= 4 is 11.8 Å². The van der Waals surface area contributed by atoms with Gasteiger partial charge < -0.3 is 10.3 Å². The summed E-state index contributed by atoms with van der Waals surface area (Å²) < 4.78 is 5.04. The minimum Gasteiger partial charge on any atom is -0.338 e. The van der Waals surface area contributed by atoms with E-state index in [0.29, 0.717) is 11.8 Å². The summed E-state index contributed by atoms with van der Waals surface area (Å²) in [4.78, 5) is 4.20. The van der Waals surface area contributed by atoms with Crippen molar-refractivity contribution in [3.05, 3.63) is 11.7 Å². The van der Waals surface area contributed by atoms with Crippen LogP contribution in [0, 0.1) is 5.92 Å². The van der Waals surface area contributed by atoms with Gasteiger partial charge in [-0.15, -0.1) is 0 Å². The van der Waals surface area contributed by atoms with Gasteiger partial charge in [0.15, 0.2) is 5.82 Å². The average Bonchev–Trinajstić information content (AvgIpc) is 2.52. The third kappa shape index (κ3) is 2.70. The molecule has 0 amide bonds. The van der Waals surface area contributed by atoms with E-state index in [4.69, 9.17) is 10.3 Å². The summed E-state index contributed by atoms with van der Waals surface area (Å²) in [7, 11) is 0. The molecule has 0 aliphatic rings. The lowest BCUT2D eigenvalue weighted by atomic mass is 10.1. The Kier molecular flexibility index (Phi) is 3.74. The molecule has 74 valence electrons. The fourth-order valence-corrected chi connectivity index (χ4v) is 1.25. The summed E-state index contributed by atoms with van der Waals surface area (Å²) in [6.45, 7) is 4.06. The Bertz CT molecular complexity index is 262. The van der Waals surface area contributed by atoms with Crippen LogP contribution in [0.2, 0.25) is 0 Å². The molecule has 1 heterocycles. The van der Waals surface area contributed by atoms with Crippen LogP contribution >= 0.6 is 11.8 Å². The molecule has 0 aliphatic carbocycles. The molecule has 0 spiro atoms. The van der Waals surface area contributed by atoms with Crippen LogP contribution in [0.4, 0.5) is 0 Å². The summed E-state index contributed by atoms with van der Waals surface area (Å²) in [5, 5.41) is 3.82. The van der Waals surface area contributed by atoms with Crippen molar-refractivity contribution in [2.24, 2.45) is 11.7 Å². The Labute approximate surface area is 82.3 Å². The monoisotopic (exact) mass is 201 g/mol. The van der Waals surface area contributed by atoms with E-state index >= 15 is 0 Å². The molecule has 0 saturated carbocycles. The maximum absolute atomic E-state index is 5.84. The molecule has 0 aliphatic heterocycles. The molecule has 0 saturated heterocycles. The van der Waals surface area contributed by atoms with Gasteiger partial charge in [-0.1, -0.05) is 19.0 Å². The highest BCUT2D eigenvalue weighted by atomic mass is 32.2. The van der Waals surface area contributed by atoms with Gasteiger partial charge in [-0.3, -0.25) is 0 Å². The Morgan fingerprint density at radius 2 is 2.23 bits per heavy atom. The zero-order chi connectivity index (χ0) is 9.84. The van der Waals surface area contributed by atoms with Gasteiger partial charge in [0, 0.05) is 0 Å². The third-order valence-corrected chi connectivity index (χ3v) is 2.31. The van der Waals surface area contributed by atoms with E-state index in [0.717, 1.165) is 11.6 Å². The van der Waals surface area contributed by atoms with Crippen molar-refractivity contribution in [3.8, 4) is 0 Å². The fourth-order valence-electron chi connectivity index (χ4n) is 0.876. The third-order valence-electron chi connectivity index (χ3n) is 1.76. The number of hydrogen-bond acceptors (Lipinski definition) is 5. The van der Waals surface area contributed by atoms with Crippen LogP contribution in [-0.2, 0) is 5.75 Å². The molecule has 1 atom stereocenters. The van der Waals surface area contributed by atoms with Gasteiger partial charge >= 0.3 is 0 Å². The minimum absolute atomic E-state index is 0.150. The van der Waals surface area contributed by atoms with Crippen LogP contribution in [0.15, 0.2) is 4.52 Å². The molecule has 1 aromatic rings. The first kappa shape index (κ1) is 10.5. The van der Waals surface area contributed by atoms with Crippen LogP contribution in [0.3, 0.4) is 0 Å². The van der Waals surface area contributed by atoms with Crippen molar-refractivity contribution in [3.63, 3.8) is 0 Å². The summed E-state index contributed by atoms with van der Waals surface area (Å²) in [6.07, 6.45) is 2.00. The Morgan fingerprint density at radius 1 is 1.54 bits per heavy atom. The van der Waals surface area contributed by atoms with Crippen molar-refractivity contribution < 1.29 is 4.52 Å². The number of aromatic nitrogens is 2. The molecule has 0 bridgehead atoms. The Morgan fingerprint density at radius 3 is 2.77 bits per heavy atom. The number of thioether (sulfide) groups is 1. The number of rotatable bonds is 4. The van der Waals surface area contributed by atoms with Gasteiger partial charge in [-0.25, -0.2) is 0 Å². The predicted molar refractivity (Wildman–Crippen MR) is 53.3 cm³/mol. The summed E-state index contributed by atoms with van der Waals surface area (Å²) in [5.74, 6) is 2.36. The molecule has 1 aromatic heterocycles. The van der Waals surface area contributed by atoms with Crippen molar-refractivity contribution in [2.75, 3.05) is 6.26 Å². The van der Waals surface area contributed by atoms with E-state index in [1.807, 2.05) is 20.1 Å². The molecule has 5 heteroatoms. The van der Waals surface area contributed by atoms with Gasteiger partial charge in [0.2, 0.25) is 5.89 Å². The highest BCUT2D eigenvalue weighted by Gasteiger charge is 2.17. The molecule has 0 aromatic carbocycles. The second-order valence-electron chi connectivity index (χ2n) is 3.25. The van der Waals surface area contributed by atoms with E-state index in [-0.39, 0.29) is 6.04 Å². The maximum Gasteiger partial charge on any atom is 0.243 e. The molecular formula is C8H15N3OS. The molecule has 13 heavy (non-hydrogen) atoms. The molecule has 2 N–H and O–H groups in total. The van der Waals surface area contributed by atoms with E-state index in [2.05, 4.69) is 10.1 Å². The number of hydrogen-bond donors (Lipinski definition) is 1. The largest absolute Gasteiger partial charge is 0.338 e. The predicted octanol–water partition coefficient (Wildman–Crippen LogP) is 1.59. The zero-order valence-electron chi connectivity index (χ0n) is 8.15. The van der Waals surface area contributed by atoms with Gasteiger partial charge in [-0.2, -0.15) is 16.7 Å². The van der Waals surface area contributed by atoms with Crippen LogP contribution in [0.5, 0.6) is 0 Å². The lowest BCUT2D eigenvalue weighted by Crippen LogP contribution is -2.17. The van der Waals surface area contributed by atoms with Crippen LogP contribution in [0.1, 0.15) is 31.6 Å². The first-order valence-electron chi connectivity index (χ1n) is 4.22. The van der Waals surface area contributed by atoms with Crippen molar-refractivity contribution in [1.29, 1.82) is 0 Å². The Balaban J connectivity index is 2.67. The van der Waals surface area contributed by atoms with Crippen molar-refractivity contribution in [1.82, 2.24) is 10.1 Å². The van der Waals surface area contributed by atoms with Gasteiger partial charge in [0.05, 0.1) is 11.8 Å². The van der Waals surface area contributed by atoms with E-state index in [1.165, 1.54) is 0 Å².